The average Bonchev–Trinajstić information content (AvgIpc) is 2.69. The van der Waals surface area contributed by atoms with Crippen molar-refractivity contribution in [2.75, 3.05) is 0 Å². The zero-order chi connectivity index (χ0) is 10.3. The van der Waals surface area contributed by atoms with E-state index in [2.05, 4.69) is 15.2 Å². The highest BCUT2D eigenvalue weighted by Crippen LogP contribution is 2.10. The number of H-pyrrole nitrogens is 1. The smallest absolute Gasteiger partial charge is 0.213 e. The highest BCUT2D eigenvalue weighted by molar-refractivity contribution is 5.88. The van der Waals surface area contributed by atoms with Gasteiger partial charge in [0.1, 0.15) is 5.52 Å². The number of fused-ring (bicyclic) bond motifs is 2. The second-order valence-electron chi connectivity index (χ2n) is 3.30. The number of hydrogen-bond donors (Lipinski definition) is 1. The Balaban J connectivity index is 2.71. The molecular weight excluding hydrogens is 190 g/mol. The van der Waals surface area contributed by atoms with Gasteiger partial charge in [-0.25, -0.2) is 0 Å². The third-order valence-corrected chi connectivity index (χ3v) is 2.40. The summed E-state index contributed by atoms with van der Waals surface area (Å²) >= 11 is 0. The molecule has 0 radical (unpaired) electrons. The van der Waals surface area contributed by atoms with E-state index in [4.69, 9.17) is 0 Å². The van der Waals surface area contributed by atoms with Crippen LogP contribution >= 0.6 is 0 Å². The van der Waals surface area contributed by atoms with Crippen LogP contribution in [0.5, 0.6) is 0 Å². The van der Waals surface area contributed by atoms with E-state index >= 15 is 0 Å². The molecule has 3 rings (SSSR count). The number of aromatic nitrogens is 3. The summed E-state index contributed by atoms with van der Waals surface area (Å²) in [6.45, 7) is 0. The molecule has 0 saturated carbocycles. The standard InChI is InChI=1S/C11H7N3O/c15-11-8-2-1-5-12-9(8)4-3-7-6-13-14-10(7)11/h1-6H,(H,13,14). The lowest BCUT2D eigenvalue weighted by Crippen LogP contribution is -1.98. The largest absolute Gasteiger partial charge is 0.287 e. The molecule has 0 aliphatic rings. The van der Waals surface area contributed by atoms with Gasteiger partial charge in [-0.15, -0.1) is 0 Å². The Morgan fingerprint density at radius 2 is 2.13 bits per heavy atom. The average molecular weight is 197 g/mol. The van der Waals surface area contributed by atoms with Gasteiger partial charge >= 0.3 is 0 Å². The second kappa shape index (κ2) is 2.88. The van der Waals surface area contributed by atoms with Crippen LogP contribution < -0.4 is 5.43 Å². The minimum Gasteiger partial charge on any atom is -0.287 e. The van der Waals surface area contributed by atoms with Crippen LogP contribution in [0.15, 0.2) is 41.5 Å². The molecule has 0 amide bonds. The Morgan fingerprint density at radius 3 is 3.07 bits per heavy atom. The molecule has 15 heavy (non-hydrogen) atoms. The number of nitrogens with one attached hydrogen (secondary N) is 1. The van der Waals surface area contributed by atoms with Crippen LogP contribution in [-0.2, 0) is 0 Å². The summed E-state index contributed by atoms with van der Waals surface area (Å²) in [6.07, 6.45) is 3.31. The molecule has 0 unspecified atom stereocenters. The van der Waals surface area contributed by atoms with E-state index in [0.29, 0.717) is 16.4 Å². The monoisotopic (exact) mass is 197 g/mol. The van der Waals surface area contributed by atoms with Gasteiger partial charge in [0.25, 0.3) is 0 Å². The molecule has 2 heterocycles. The molecule has 3 aromatic rings. The van der Waals surface area contributed by atoms with Crippen LogP contribution in [0.2, 0.25) is 0 Å². The summed E-state index contributed by atoms with van der Waals surface area (Å²) in [5, 5.41) is 7.97. The van der Waals surface area contributed by atoms with Gasteiger partial charge in [0.2, 0.25) is 5.43 Å². The van der Waals surface area contributed by atoms with Gasteiger partial charge in [0.15, 0.2) is 0 Å². The van der Waals surface area contributed by atoms with E-state index in [1.54, 1.807) is 24.5 Å². The second-order valence-corrected chi connectivity index (χ2v) is 3.30. The minimum atomic E-state index is -0.0596. The van der Waals surface area contributed by atoms with Crippen LogP contribution in [0.25, 0.3) is 21.8 Å². The molecule has 0 fully saturated rings. The van der Waals surface area contributed by atoms with Gasteiger partial charge in [-0.05, 0) is 24.3 Å². The van der Waals surface area contributed by atoms with Crippen LogP contribution in [-0.4, -0.2) is 15.2 Å². The van der Waals surface area contributed by atoms with Crippen LogP contribution in [0.4, 0.5) is 0 Å². The number of hydrogen-bond acceptors (Lipinski definition) is 3. The van der Waals surface area contributed by atoms with Gasteiger partial charge in [-0.2, -0.15) is 5.10 Å². The van der Waals surface area contributed by atoms with Crippen molar-refractivity contribution in [2.45, 2.75) is 0 Å². The normalized spacial score (nSPS) is 10.9. The zero-order valence-corrected chi connectivity index (χ0v) is 7.77. The van der Waals surface area contributed by atoms with E-state index in [1.807, 2.05) is 12.1 Å². The maximum absolute atomic E-state index is 12.0. The van der Waals surface area contributed by atoms with Crippen molar-refractivity contribution in [3.8, 4) is 0 Å². The van der Waals surface area contributed by atoms with Crippen molar-refractivity contribution >= 4 is 21.8 Å². The van der Waals surface area contributed by atoms with E-state index in [9.17, 15) is 4.79 Å². The first-order valence-corrected chi connectivity index (χ1v) is 4.57. The quantitative estimate of drug-likeness (QED) is 0.593. The van der Waals surface area contributed by atoms with Crippen LogP contribution in [0.3, 0.4) is 0 Å². The highest BCUT2D eigenvalue weighted by Gasteiger charge is 2.02. The molecule has 72 valence electrons. The first-order valence-electron chi connectivity index (χ1n) is 4.57. The Labute approximate surface area is 84.6 Å². The fourth-order valence-corrected chi connectivity index (χ4v) is 1.65. The molecule has 1 aromatic carbocycles. The van der Waals surface area contributed by atoms with Crippen molar-refractivity contribution < 1.29 is 0 Å². The number of aromatic amines is 1. The van der Waals surface area contributed by atoms with Crippen LogP contribution in [0, 0.1) is 0 Å². The summed E-state index contributed by atoms with van der Waals surface area (Å²) in [4.78, 5) is 16.2. The van der Waals surface area contributed by atoms with Crippen molar-refractivity contribution in [3.05, 3.63) is 46.9 Å². The molecule has 0 spiro atoms. The predicted octanol–water partition coefficient (Wildman–Crippen LogP) is 1.47. The highest BCUT2D eigenvalue weighted by atomic mass is 16.1. The minimum absolute atomic E-state index is 0.0596. The first-order chi connectivity index (χ1) is 7.36. The SMILES string of the molecule is O=c1c2cccnc2ccc2cn[nH]c12. The van der Waals surface area contributed by atoms with Crippen molar-refractivity contribution in [2.24, 2.45) is 0 Å². The Kier molecular flexibility index (Phi) is 1.56. The molecule has 4 nitrogen and oxygen atoms in total. The first kappa shape index (κ1) is 8.11. The molecule has 0 bridgehead atoms. The number of rotatable bonds is 0. The molecule has 0 atom stereocenters. The van der Waals surface area contributed by atoms with E-state index in [-0.39, 0.29) is 5.43 Å². The lowest BCUT2D eigenvalue weighted by atomic mass is 10.2. The maximum Gasteiger partial charge on any atom is 0.213 e. The Bertz CT molecular complexity index is 703. The molecule has 0 saturated heterocycles. The fraction of sp³-hybridized carbons (Fsp3) is 0. The number of nitrogens with zero attached hydrogens (tertiary/aromatic N) is 2. The predicted molar refractivity (Wildman–Crippen MR) is 57.7 cm³/mol. The molecule has 2 aromatic heterocycles. The summed E-state index contributed by atoms with van der Waals surface area (Å²) < 4.78 is 0. The lowest BCUT2D eigenvalue weighted by molar-refractivity contribution is 1.12. The van der Waals surface area contributed by atoms with Gasteiger partial charge < -0.3 is 0 Å². The van der Waals surface area contributed by atoms with Gasteiger partial charge in [-0.1, -0.05) is 0 Å². The molecule has 0 aliphatic heterocycles. The summed E-state index contributed by atoms with van der Waals surface area (Å²) in [7, 11) is 0. The van der Waals surface area contributed by atoms with Crippen LogP contribution in [0.1, 0.15) is 0 Å². The lowest BCUT2D eigenvalue weighted by Gasteiger charge is -1.87. The molecule has 1 N–H and O–H groups in total. The van der Waals surface area contributed by atoms with Gasteiger partial charge in [-0.3, -0.25) is 14.9 Å². The Hall–Kier alpha value is -2.23. The third kappa shape index (κ3) is 1.11. The molecule has 0 aliphatic carbocycles. The summed E-state index contributed by atoms with van der Waals surface area (Å²) in [5.41, 5.74) is 1.17. The topological polar surface area (TPSA) is 58.6 Å². The van der Waals surface area contributed by atoms with E-state index in [0.717, 1.165) is 5.39 Å². The van der Waals surface area contributed by atoms with Gasteiger partial charge in [0, 0.05) is 17.0 Å². The summed E-state index contributed by atoms with van der Waals surface area (Å²) in [6, 6.07) is 7.20. The number of pyridine rings is 1. The fourth-order valence-electron chi connectivity index (χ4n) is 1.65. The third-order valence-electron chi connectivity index (χ3n) is 2.40. The zero-order valence-electron chi connectivity index (χ0n) is 7.77. The van der Waals surface area contributed by atoms with E-state index in [1.165, 1.54) is 0 Å². The van der Waals surface area contributed by atoms with Crippen molar-refractivity contribution in [1.82, 2.24) is 15.2 Å². The van der Waals surface area contributed by atoms with Crippen molar-refractivity contribution in [1.29, 1.82) is 0 Å². The molecule has 4 heteroatoms. The summed E-state index contributed by atoms with van der Waals surface area (Å²) in [5.74, 6) is 0. The van der Waals surface area contributed by atoms with Crippen molar-refractivity contribution in [3.63, 3.8) is 0 Å². The maximum atomic E-state index is 12.0. The van der Waals surface area contributed by atoms with E-state index < -0.39 is 0 Å². The molecular formula is C11H7N3O. The Morgan fingerprint density at radius 1 is 1.20 bits per heavy atom. The van der Waals surface area contributed by atoms with Gasteiger partial charge in [0.05, 0.1) is 11.7 Å².